The van der Waals surface area contributed by atoms with Crippen LogP contribution in [0.2, 0.25) is 0 Å². The first kappa shape index (κ1) is 22.5. The van der Waals surface area contributed by atoms with Crippen molar-refractivity contribution in [3.05, 3.63) is 0 Å². The van der Waals surface area contributed by atoms with E-state index in [0.717, 1.165) is 0 Å². The van der Waals surface area contributed by atoms with E-state index in [-0.39, 0.29) is 110 Å². The second-order valence-electron chi connectivity index (χ2n) is 0. The fourth-order valence-corrected chi connectivity index (χ4v) is 0. The molecule has 0 N–H and O–H groups in total. The van der Waals surface area contributed by atoms with Crippen molar-refractivity contribution in [2.24, 2.45) is 0 Å². The van der Waals surface area contributed by atoms with E-state index < -0.39 is 0 Å². The van der Waals surface area contributed by atoms with E-state index in [4.69, 9.17) is 0 Å². The van der Waals surface area contributed by atoms with Crippen molar-refractivity contribution in [2.45, 2.75) is 0 Å². The Bertz CT molecular complexity index is 11.6. The van der Waals surface area contributed by atoms with E-state index in [0.29, 0.717) is 0 Å². The normalized spacial score (nSPS) is 0.600. The van der Waals surface area contributed by atoms with Gasteiger partial charge in [-0.25, -0.2) is 0 Å². The summed E-state index contributed by atoms with van der Waals surface area (Å²) in [5, 5.41) is 0. The Labute approximate surface area is 142 Å². The van der Waals surface area contributed by atoms with Crippen LogP contribution in [0.4, 0.5) is 0 Å². The first-order chi connectivity index (χ1) is 1.00. The molecular formula is HCeFeKMoZr. The molecule has 0 unspecified atom stereocenters. The molecule has 0 radical (unpaired) electrons. The molecule has 0 nitrogen and oxygen atoms in total. The Balaban J connectivity index is -0.00000000167. The van der Waals surface area contributed by atoms with E-state index in [1.54, 1.807) is 21.3 Å². The molecule has 0 aromatic rings. The molecule has 0 aliphatic rings. The Morgan fingerprint density at radius 1 is 1.20 bits per heavy atom. The zero-order chi connectivity index (χ0) is 2.00. The third-order valence-corrected chi connectivity index (χ3v) is 0. The molecule has 0 aliphatic heterocycles. The Morgan fingerprint density at radius 2 is 1.20 bits per heavy atom. The fraction of sp³-hybridized carbons (Fsp3) is 0. The Hall–Kier alpha value is 5.10. The van der Waals surface area contributed by atoms with Gasteiger partial charge >= 0.3 is 88.3 Å². The molecule has 0 saturated carbocycles. The van der Waals surface area contributed by atoms with Gasteiger partial charge in [-0.05, 0) is 0 Å². The summed E-state index contributed by atoms with van der Waals surface area (Å²) in [5.74, 6) is 0. The van der Waals surface area contributed by atoms with Crippen molar-refractivity contribution in [2.75, 3.05) is 0 Å². The number of hydrogen-bond donors (Lipinski definition) is 0. The molecule has 0 aromatic carbocycles. The summed E-state index contributed by atoms with van der Waals surface area (Å²) in [6.07, 6.45) is 0. The van der Waals surface area contributed by atoms with Gasteiger partial charge in [0.2, 0.25) is 0 Å². The second-order valence-corrected chi connectivity index (χ2v) is 0. The molecule has 0 rings (SSSR count). The summed E-state index contributed by atoms with van der Waals surface area (Å²) in [7, 11) is 0. The number of hydrogen-bond acceptors (Lipinski definition) is 0. The quantitative estimate of drug-likeness (QED) is 0.455. The molecule has 5 heavy (non-hydrogen) atoms. The van der Waals surface area contributed by atoms with E-state index in [1.807, 2.05) is 15.6 Å². The predicted molar refractivity (Wildman–Crippen MR) is 7.15 cm³/mol. The molecule has 0 aromatic heterocycles. The monoisotopic (exact) mass is 424 g/mol. The standard InChI is InChI=1S/Ce.Fe.K.Mo.Zr.H. The topological polar surface area (TPSA) is 0 Å². The van der Waals surface area contributed by atoms with Gasteiger partial charge in [-0.2, -0.15) is 0 Å². The molecule has 0 amide bonds. The van der Waals surface area contributed by atoms with Gasteiger partial charge in [0.15, 0.2) is 0 Å². The molecule has 0 bridgehead atoms. The summed E-state index contributed by atoms with van der Waals surface area (Å²) in [5.41, 5.74) is 0. The van der Waals surface area contributed by atoms with Crippen molar-refractivity contribution >= 4 is 51.4 Å². The second kappa shape index (κ2) is 23.0. The molecule has 5 heteroatoms. The van der Waals surface area contributed by atoms with Crippen LogP contribution in [0.15, 0.2) is 0 Å². The van der Waals surface area contributed by atoms with Crippen molar-refractivity contribution < 1.29 is 95.7 Å². The zero-order valence-corrected chi connectivity index (χ0v) is 10.5. The van der Waals surface area contributed by atoms with E-state index in [9.17, 15) is 0 Å². The third-order valence-electron chi connectivity index (χ3n) is 0. The first-order valence-electron chi connectivity index (χ1n) is 0.204. The van der Waals surface area contributed by atoms with Gasteiger partial charge in [-0.15, -0.1) is 0 Å². The summed E-state index contributed by atoms with van der Waals surface area (Å²) < 4.78 is 0. The van der Waals surface area contributed by atoms with Crippen LogP contribution in [0, 0.1) is 41.7 Å². The van der Waals surface area contributed by atoms with Crippen LogP contribution in [-0.2, 0) is 54.0 Å². The molecule has 24 valence electrons. The van der Waals surface area contributed by atoms with E-state index in [2.05, 4.69) is 0 Å². The molecule has 0 fully saturated rings. The van der Waals surface area contributed by atoms with Crippen LogP contribution in [-0.4, -0.2) is 51.4 Å². The third kappa shape index (κ3) is 17.6. The molecule has 0 saturated heterocycles. The van der Waals surface area contributed by atoms with E-state index >= 15 is 0 Å². The fourth-order valence-electron chi connectivity index (χ4n) is 0. The Kier molecular flexibility index (Phi) is 103. The first-order valence-corrected chi connectivity index (χ1v) is 7.14. The van der Waals surface area contributed by atoms with Gasteiger partial charge in [0, 0.05) is 58.8 Å². The van der Waals surface area contributed by atoms with Crippen LogP contribution in [0.5, 0.6) is 0 Å². The van der Waals surface area contributed by atoms with E-state index in [1.165, 1.54) is 0 Å². The minimum atomic E-state index is 0. The zero-order valence-electron chi connectivity index (χ0n) is 1.76. The Morgan fingerprint density at radius 3 is 1.20 bits per heavy atom. The van der Waals surface area contributed by atoms with Gasteiger partial charge in [0.1, 0.15) is 0 Å². The van der Waals surface area contributed by atoms with Crippen molar-refractivity contribution in [1.29, 1.82) is 0 Å². The van der Waals surface area contributed by atoms with Crippen LogP contribution in [0.3, 0.4) is 0 Å². The van der Waals surface area contributed by atoms with Gasteiger partial charge in [-0.1, -0.05) is 0 Å². The van der Waals surface area contributed by atoms with Gasteiger partial charge in [-0.3, -0.25) is 0 Å². The molecular weight excluding hydrogens is 422 g/mol. The summed E-state index contributed by atoms with van der Waals surface area (Å²) in [6, 6.07) is 0. The van der Waals surface area contributed by atoms with Crippen molar-refractivity contribution in [3.8, 4) is 0 Å². The van der Waals surface area contributed by atoms with Crippen LogP contribution in [0.25, 0.3) is 0 Å². The molecule has 0 atom stereocenters. The molecule has 0 aliphatic carbocycles. The van der Waals surface area contributed by atoms with Gasteiger partial charge in [0.25, 0.3) is 0 Å². The summed E-state index contributed by atoms with van der Waals surface area (Å²) in [4.78, 5) is 0. The van der Waals surface area contributed by atoms with Gasteiger partial charge in [0.05, 0.1) is 0 Å². The van der Waals surface area contributed by atoms with Crippen LogP contribution >= 0.6 is 0 Å². The van der Waals surface area contributed by atoms with Gasteiger partial charge < -0.3 is 0 Å². The molecule has 0 spiro atoms. The summed E-state index contributed by atoms with van der Waals surface area (Å²) >= 11 is 3.60. The maximum atomic E-state index is 2.04. The maximum absolute atomic E-state index is 2.04. The average Bonchev–Trinajstić information content (AvgIpc) is 1.00. The van der Waals surface area contributed by atoms with Crippen LogP contribution in [0.1, 0.15) is 0 Å². The average molecular weight is 423 g/mol. The summed E-state index contributed by atoms with van der Waals surface area (Å²) in [6.45, 7) is 0. The van der Waals surface area contributed by atoms with Crippen molar-refractivity contribution in [1.82, 2.24) is 0 Å². The number of rotatable bonds is 0. The molecule has 0 heterocycles. The SMILES string of the molecule is [Ce].[Fe].[KH].[Zr][Mo]. The predicted octanol–water partition coefficient (Wildman–Crippen LogP) is -0.656. The van der Waals surface area contributed by atoms with Crippen LogP contribution < -0.4 is 0 Å². The van der Waals surface area contributed by atoms with Crippen molar-refractivity contribution in [3.63, 3.8) is 0 Å². The minimum absolute atomic E-state index is 0.